The lowest BCUT2D eigenvalue weighted by Gasteiger charge is -2.07. The summed E-state index contributed by atoms with van der Waals surface area (Å²) in [5, 5.41) is 0. The first-order chi connectivity index (χ1) is 5.04. The van der Waals surface area contributed by atoms with Gasteiger partial charge in [0.1, 0.15) is 11.6 Å². The second kappa shape index (κ2) is 2.50. The van der Waals surface area contributed by atoms with Gasteiger partial charge in [-0.25, -0.2) is 4.98 Å². The Morgan fingerprint density at radius 2 is 2.00 bits per heavy atom. The van der Waals surface area contributed by atoms with Gasteiger partial charge in [0.15, 0.2) is 0 Å². The highest BCUT2D eigenvalue weighted by atomic mass is 32.1. The van der Waals surface area contributed by atoms with Gasteiger partial charge < -0.3 is 16.0 Å². The minimum atomic E-state index is 0.408. The second-order valence-electron chi connectivity index (χ2n) is 2.35. The van der Waals surface area contributed by atoms with Crippen LogP contribution >= 0.6 is 12.2 Å². The minimum Gasteiger partial charge on any atom is -0.385 e. The van der Waals surface area contributed by atoms with Gasteiger partial charge in [0.25, 0.3) is 0 Å². The molecule has 4 nitrogen and oxygen atoms in total. The molecule has 0 radical (unpaired) electrons. The van der Waals surface area contributed by atoms with Crippen LogP contribution in [0.4, 0.5) is 11.6 Å². The van der Waals surface area contributed by atoms with E-state index in [1.165, 1.54) is 0 Å². The second-order valence-corrected chi connectivity index (χ2v) is 2.71. The summed E-state index contributed by atoms with van der Waals surface area (Å²) < 4.78 is 2.03. The molecule has 4 N–H and O–H groups in total. The Hall–Kier alpha value is -1.10. The number of anilines is 2. The fraction of sp³-hybridized carbons (Fsp3) is 0.333. The van der Waals surface area contributed by atoms with Gasteiger partial charge >= 0.3 is 0 Å². The molecule has 0 spiro atoms. The minimum absolute atomic E-state index is 0.408. The Bertz CT molecular complexity index is 341. The fourth-order valence-corrected chi connectivity index (χ4v) is 0.944. The van der Waals surface area contributed by atoms with E-state index < -0.39 is 0 Å². The molecule has 1 aromatic heterocycles. The summed E-state index contributed by atoms with van der Waals surface area (Å²) in [7, 11) is 1.76. The van der Waals surface area contributed by atoms with Crippen LogP contribution in [0.15, 0.2) is 0 Å². The quantitative estimate of drug-likeness (QED) is 0.560. The van der Waals surface area contributed by atoms with Gasteiger partial charge in [0.05, 0.1) is 0 Å². The monoisotopic (exact) mass is 170 g/mol. The lowest BCUT2D eigenvalue weighted by Crippen LogP contribution is -2.09. The van der Waals surface area contributed by atoms with Crippen molar-refractivity contribution in [3.05, 3.63) is 10.3 Å². The number of nitrogen functional groups attached to an aromatic ring is 2. The molecular formula is C6H10N4S. The lowest BCUT2D eigenvalue weighted by atomic mass is 10.3. The third-order valence-corrected chi connectivity index (χ3v) is 2.00. The molecule has 0 amide bonds. The van der Waals surface area contributed by atoms with Crippen LogP contribution in [0.5, 0.6) is 0 Å². The van der Waals surface area contributed by atoms with Gasteiger partial charge in [-0.2, -0.15) is 0 Å². The zero-order valence-electron chi connectivity index (χ0n) is 6.46. The molecule has 1 heterocycles. The maximum absolute atomic E-state index is 5.66. The van der Waals surface area contributed by atoms with Gasteiger partial charge in [-0.1, -0.05) is 0 Å². The summed E-state index contributed by atoms with van der Waals surface area (Å²) in [4.78, 5) is 3.91. The largest absolute Gasteiger partial charge is 0.385 e. The SMILES string of the molecule is Cc1c(N)nc(=S)n(C)c1N. The third kappa shape index (κ3) is 1.19. The number of hydrogen-bond donors (Lipinski definition) is 2. The molecule has 0 aliphatic carbocycles. The maximum atomic E-state index is 5.66. The average Bonchev–Trinajstić information content (AvgIpc) is 1.97. The first-order valence-electron chi connectivity index (χ1n) is 3.12. The number of nitrogens with zero attached hydrogens (tertiary/aromatic N) is 2. The first kappa shape index (κ1) is 8.00. The Morgan fingerprint density at radius 1 is 1.45 bits per heavy atom. The summed E-state index contributed by atoms with van der Waals surface area (Å²) >= 11 is 4.88. The molecule has 60 valence electrons. The zero-order valence-corrected chi connectivity index (χ0v) is 7.27. The maximum Gasteiger partial charge on any atom is 0.202 e. The normalized spacial score (nSPS) is 10.0. The van der Waals surface area contributed by atoms with Crippen molar-refractivity contribution in [1.82, 2.24) is 9.55 Å². The molecule has 0 saturated carbocycles. The van der Waals surface area contributed by atoms with Crippen molar-refractivity contribution >= 4 is 23.9 Å². The van der Waals surface area contributed by atoms with Crippen LogP contribution in [-0.4, -0.2) is 9.55 Å². The summed E-state index contributed by atoms with van der Waals surface area (Å²) in [6.45, 7) is 1.81. The molecule has 0 bridgehead atoms. The zero-order chi connectivity index (χ0) is 8.59. The van der Waals surface area contributed by atoms with Crippen molar-refractivity contribution in [3.8, 4) is 0 Å². The van der Waals surface area contributed by atoms with E-state index in [9.17, 15) is 0 Å². The summed E-state index contributed by atoms with van der Waals surface area (Å²) in [6, 6.07) is 0. The molecular weight excluding hydrogens is 160 g/mol. The van der Waals surface area contributed by atoms with Crippen molar-refractivity contribution in [2.75, 3.05) is 11.5 Å². The van der Waals surface area contributed by atoms with Crippen molar-refractivity contribution in [1.29, 1.82) is 0 Å². The van der Waals surface area contributed by atoms with Crippen LogP contribution in [0.2, 0.25) is 0 Å². The molecule has 0 saturated heterocycles. The smallest absolute Gasteiger partial charge is 0.202 e. The number of aromatic nitrogens is 2. The Morgan fingerprint density at radius 3 is 2.55 bits per heavy atom. The van der Waals surface area contributed by atoms with Crippen LogP contribution in [0.3, 0.4) is 0 Å². The molecule has 0 atom stereocenters. The van der Waals surface area contributed by atoms with Crippen LogP contribution in [0.1, 0.15) is 5.56 Å². The molecule has 0 aliphatic heterocycles. The summed E-state index contributed by atoms with van der Waals surface area (Å²) in [5.41, 5.74) is 12.0. The van der Waals surface area contributed by atoms with Gasteiger partial charge in [-0.3, -0.25) is 0 Å². The third-order valence-electron chi connectivity index (χ3n) is 1.63. The molecule has 0 unspecified atom stereocenters. The van der Waals surface area contributed by atoms with E-state index in [4.69, 9.17) is 23.7 Å². The fourth-order valence-electron chi connectivity index (χ4n) is 0.748. The topological polar surface area (TPSA) is 69.9 Å². The number of hydrogen-bond acceptors (Lipinski definition) is 4. The highest BCUT2D eigenvalue weighted by Gasteiger charge is 2.02. The molecule has 1 rings (SSSR count). The predicted octanol–water partition coefficient (Wildman–Crippen LogP) is 0.622. The Labute approximate surface area is 69.8 Å². The van der Waals surface area contributed by atoms with E-state index in [2.05, 4.69) is 4.98 Å². The van der Waals surface area contributed by atoms with Gasteiger partial charge in [0.2, 0.25) is 4.77 Å². The van der Waals surface area contributed by atoms with E-state index in [1.807, 2.05) is 6.92 Å². The molecule has 0 aliphatic rings. The predicted molar refractivity (Wildman–Crippen MR) is 47.6 cm³/mol. The molecule has 5 heteroatoms. The van der Waals surface area contributed by atoms with Crippen LogP contribution in [0.25, 0.3) is 0 Å². The van der Waals surface area contributed by atoms with E-state index in [1.54, 1.807) is 11.6 Å². The molecule has 1 aromatic rings. The van der Waals surface area contributed by atoms with Crippen molar-refractivity contribution in [3.63, 3.8) is 0 Å². The van der Waals surface area contributed by atoms with Gasteiger partial charge in [0, 0.05) is 12.6 Å². The van der Waals surface area contributed by atoms with E-state index >= 15 is 0 Å². The van der Waals surface area contributed by atoms with Gasteiger partial charge in [-0.15, -0.1) is 0 Å². The van der Waals surface area contributed by atoms with E-state index in [0.717, 1.165) is 5.56 Å². The standard InChI is InChI=1S/C6H10N4S/c1-3-4(7)9-6(11)10(2)5(3)8/h8H2,1-2H3,(H2,7,9,11). The Kier molecular flexibility index (Phi) is 1.82. The van der Waals surface area contributed by atoms with E-state index in [-0.39, 0.29) is 0 Å². The highest BCUT2D eigenvalue weighted by molar-refractivity contribution is 7.71. The van der Waals surface area contributed by atoms with Crippen molar-refractivity contribution in [2.45, 2.75) is 6.92 Å². The summed E-state index contributed by atoms with van der Waals surface area (Å²) in [5.74, 6) is 0.980. The van der Waals surface area contributed by atoms with Crippen LogP contribution in [-0.2, 0) is 7.05 Å². The van der Waals surface area contributed by atoms with Gasteiger partial charge in [-0.05, 0) is 19.1 Å². The van der Waals surface area contributed by atoms with Crippen LogP contribution < -0.4 is 11.5 Å². The lowest BCUT2D eigenvalue weighted by molar-refractivity contribution is 0.852. The Balaban J connectivity index is 3.59. The molecule has 0 fully saturated rings. The molecule has 11 heavy (non-hydrogen) atoms. The van der Waals surface area contributed by atoms with E-state index in [0.29, 0.717) is 16.4 Å². The van der Waals surface area contributed by atoms with Crippen molar-refractivity contribution < 1.29 is 0 Å². The summed E-state index contributed by atoms with van der Waals surface area (Å²) in [6.07, 6.45) is 0. The van der Waals surface area contributed by atoms with Crippen LogP contribution in [0, 0.1) is 11.7 Å². The first-order valence-corrected chi connectivity index (χ1v) is 3.53. The molecule has 0 aromatic carbocycles. The highest BCUT2D eigenvalue weighted by Crippen LogP contribution is 2.14. The average molecular weight is 170 g/mol. The number of rotatable bonds is 0. The van der Waals surface area contributed by atoms with Crippen molar-refractivity contribution in [2.24, 2.45) is 7.05 Å². The number of nitrogens with two attached hydrogens (primary N) is 2.